The Kier molecular flexibility index (Phi) is 7.20. The van der Waals surface area contributed by atoms with Gasteiger partial charge in [-0.25, -0.2) is 0 Å². The summed E-state index contributed by atoms with van der Waals surface area (Å²) in [5.74, 6) is 1.22. The van der Waals surface area contributed by atoms with Crippen molar-refractivity contribution >= 4 is 0 Å². The highest BCUT2D eigenvalue weighted by molar-refractivity contribution is 5.24. The Hall–Kier alpha value is -0.900. The Morgan fingerprint density at radius 3 is 1.85 bits per heavy atom. The van der Waals surface area contributed by atoms with E-state index in [1.165, 1.54) is 0 Å². The maximum atomic E-state index is 10.4. The molecule has 0 aliphatic rings. The molecule has 0 bridgehead atoms. The molecular formula is C17H30N2O. The largest absolute Gasteiger partial charge is 0.387 e. The molecule has 0 aliphatic heterocycles. The molecule has 0 heterocycles. The minimum absolute atomic E-state index is 0.431. The van der Waals surface area contributed by atoms with Gasteiger partial charge in [-0.3, -0.25) is 4.90 Å². The van der Waals surface area contributed by atoms with E-state index >= 15 is 0 Å². The maximum Gasteiger partial charge on any atom is 0.0916 e. The van der Waals surface area contributed by atoms with Crippen LogP contribution >= 0.6 is 0 Å². The molecule has 0 saturated carbocycles. The molecule has 3 nitrogen and oxygen atoms in total. The van der Waals surface area contributed by atoms with E-state index in [9.17, 15) is 5.11 Å². The summed E-state index contributed by atoms with van der Waals surface area (Å²) in [5, 5.41) is 10.4. The third-order valence-corrected chi connectivity index (χ3v) is 3.28. The molecular weight excluding hydrogens is 248 g/mol. The predicted octanol–water partition coefficient (Wildman–Crippen LogP) is 2.79. The van der Waals surface area contributed by atoms with Gasteiger partial charge >= 0.3 is 0 Å². The van der Waals surface area contributed by atoms with Crippen molar-refractivity contribution in [1.29, 1.82) is 0 Å². The fraction of sp³-hybridized carbons (Fsp3) is 0.647. The van der Waals surface area contributed by atoms with E-state index in [0.29, 0.717) is 24.9 Å². The van der Waals surface area contributed by atoms with Crippen LogP contribution in [0.2, 0.25) is 0 Å². The smallest absolute Gasteiger partial charge is 0.0916 e. The number of benzene rings is 1. The molecule has 1 unspecified atom stereocenters. The standard InChI is InChI=1S/C17H30N2O/c1-13(2)10-19(11-14(3)4)12-17(20)16-7-5-15(9-18)6-8-16/h5-8,13-14,17,20H,9-12,18H2,1-4H3. The van der Waals surface area contributed by atoms with Gasteiger partial charge < -0.3 is 10.8 Å². The highest BCUT2D eigenvalue weighted by Gasteiger charge is 2.15. The number of aliphatic hydroxyl groups excluding tert-OH is 1. The molecule has 1 aromatic carbocycles. The van der Waals surface area contributed by atoms with Crippen LogP contribution in [0, 0.1) is 11.8 Å². The van der Waals surface area contributed by atoms with Crippen molar-refractivity contribution in [2.45, 2.75) is 40.3 Å². The van der Waals surface area contributed by atoms with Crippen molar-refractivity contribution in [3.8, 4) is 0 Å². The van der Waals surface area contributed by atoms with E-state index in [4.69, 9.17) is 5.73 Å². The maximum absolute atomic E-state index is 10.4. The fourth-order valence-electron chi connectivity index (χ4n) is 2.48. The number of hydrogen-bond acceptors (Lipinski definition) is 3. The van der Waals surface area contributed by atoms with Gasteiger partial charge in [0.15, 0.2) is 0 Å². The van der Waals surface area contributed by atoms with Crippen LogP contribution in [0.25, 0.3) is 0 Å². The summed E-state index contributed by atoms with van der Waals surface area (Å²) in [6.45, 7) is 12.2. The zero-order valence-corrected chi connectivity index (χ0v) is 13.3. The molecule has 0 radical (unpaired) electrons. The molecule has 114 valence electrons. The lowest BCUT2D eigenvalue weighted by Gasteiger charge is -2.28. The third-order valence-electron chi connectivity index (χ3n) is 3.28. The molecule has 3 N–H and O–H groups in total. The summed E-state index contributed by atoms with van der Waals surface area (Å²) in [4.78, 5) is 2.36. The van der Waals surface area contributed by atoms with Crippen molar-refractivity contribution < 1.29 is 5.11 Å². The van der Waals surface area contributed by atoms with Crippen molar-refractivity contribution in [3.05, 3.63) is 35.4 Å². The normalized spacial score (nSPS) is 13.4. The molecule has 0 aromatic heterocycles. The summed E-state index contributed by atoms with van der Waals surface area (Å²) in [5.41, 5.74) is 7.67. The van der Waals surface area contributed by atoms with Crippen LogP contribution in [-0.2, 0) is 6.54 Å². The Morgan fingerprint density at radius 1 is 0.950 bits per heavy atom. The molecule has 0 fully saturated rings. The molecule has 0 spiro atoms. The number of hydrogen-bond donors (Lipinski definition) is 2. The Labute approximate surface area is 123 Å². The summed E-state index contributed by atoms with van der Waals surface area (Å²) in [6, 6.07) is 7.95. The minimum atomic E-state index is -0.431. The lowest BCUT2D eigenvalue weighted by Crippen LogP contribution is -2.35. The average molecular weight is 278 g/mol. The first-order valence-electron chi connectivity index (χ1n) is 7.61. The molecule has 0 aliphatic carbocycles. The molecule has 1 aromatic rings. The summed E-state index contributed by atoms with van der Waals surface area (Å²) < 4.78 is 0. The van der Waals surface area contributed by atoms with Crippen molar-refractivity contribution in [2.75, 3.05) is 19.6 Å². The highest BCUT2D eigenvalue weighted by atomic mass is 16.3. The van der Waals surface area contributed by atoms with Crippen LogP contribution in [0.5, 0.6) is 0 Å². The van der Waals surface area contributed by atoms with Crippen LogP contribution in [0.3, 0.4) is 0 Å². The third kappa shape index (κ3) is 6.04. The lowest BCUT2D eigenvalue weighted by atomic mass is 10.0. The van der Waals surface area contributed by atoms with Crippen LogP contribution in [0.15, 0.2) is 24.3 Å². The van der Waals surface area contributed by atoms with Crippen LogP contribution < -0.4 is 5.73 Å². The van der Waals surface area contributed by atoms with Crippen molar-refractivity contribution in [2.24, 2.45) is 17.6 Å². The van der Waals surface area contributed by atoms with Gasteiger partial charge in [-0.15, -0.1) is 0 Å². The van der Waals surface area contributed by atoms with Gasteiger partial charge in [0, 0.05) is 26.2 Å². The first kappa shape index (κ1) is 17.2. The summed E-state index contributed by atoms with van der Waals surface area (Å²) in [7, 11) is 0. The van der Waals surface area contributed by atoms with Gasteiger partial charge in [0.25, 0.3) is 0 Å². The molecule has 0 amide bonds. The summed E-state index contributed by atoms with van der Waals surface area (Å²) in [6.07, 6.45) is -0.431. The zero-order valence-electron chi connectivity index (χ0n) is 13.3. The van der Waals surface area contributed by atoms with Gasteiger partial charge in [0.1, 0.15) is 0 Å². The van der Waals surface area contributed by atoms with E-state index in [2.05, 4.69) is 32.6 Å². The number of aliphatic hydroxyl groups is 1. The van der Waals surface area contributed by atoms with E-state index in [1.807, 2.05) is 24.3 Å². The Morgan fingerprint density at radius 2 is 1.45 bits per heavy atom. The van der Waals surface area contributed by atoms with Crippen LogP contribution in [-0.4, -0.2) is 29.6 Å². The van der Waals surface area contributed by atoms with Crippen LogP contribution in [0.1, 0.15) is 44.9 Å². The van der Waals surface area contributed by atoms with Gasteiger partial charge in [-0.05, 0) is 23.0 Å². The highest BCUT2D eigenvalue weighted by Crippen LogP contribution is 2.17. The zero-order chi connectivity index (χ0) is 15.1. The SMILES string of the molecule is CC(C)CN(CC(C)C)CC(O)c1ccc(CN)cc1. The molecule has 0 saturated heterocycles. The monoisotopic (exact) mass is 278 g/mol. The van der Waals surface area contributed by atoms with Gasteiger partial charge in [0.2, 0.25) is 0 Å². The second-order valence-electron chi connectivity index (χ2n) is 6.47. The van der Waals surface area contributed by atoms with E-state index in [-0.39, 0.29) is 0 Å². The number of rotatable bonds is 8. The quantitative estimate of drug-likeness (QED) is 0.769. The van der Waals surface area contributed by atoms with Crippen molar-refractivity contribution in [3.63, 3.8) is 0 Å². The van der Waals surface area contributed by atoms with Crippen molar-refractivity contribution in [1.82, 2.24) is 4.90 Å². The van der Waals surface area contributed by atoms with Gasteiger partial charge in [-0.1, -0.05) is 52.0 Å². The Balaban J connectivity index is 2.65. The molecule has 1 rings (SSSR count). The second-order valence-corrected chi connectivity index (χ2v) is 6.47. The number of nitrogens with zero attached hydrogens (tertiary/aromatic N) is 1. The second kappa shape index (κ2) is 8.40. The van der Waals surface area contributed by atoms with Gasteiger partial charge in [0.05, 0.1) is 6.10 Å². The first-order chi connectivity index (χ1) is 9.42. The van der Waals surface area contributed by atoms with Gasteiger partial charge in [-0.2, -0.15) is 0 Å². The van der Waals surface area contributed by atoms with E-state index in [1.54, 1.807) is 0 Å². The molecule has 1 atom stereocenters. The Bertz CT molecular complexity index is 363. The minimum Gasteiger partial charge on any atom is -0.387 e. The van der Waals surface area contributed by atoms with E-state index < -0.39 is 6.10 Å². The number of nitrogens with two attached hydrogens (primary N) is 1. The summed E-state index contributed by atoms with van der Waals surface area (Å²) >= 11 is 0. The average Bonchev–Trinajstić information content (AvgIpc) is 2.37. The molecule has 3 heteroatoms. The predicted molar refractivity (Wildman–Crippen MR) is 85.4 cm³/mol. The molecule has 20 heavy (non-hydrogen) atoms. The van der Waals surface area contributed by atoms with E-state index in [0.717, 1.165) is 24.2 Å². The fourth-order valence-corrected chi connectivity index (χ4v) is 2.48. The van der Waals surface area contributed by atoms with Crippen LogP contribution in [0.4, 0.5) is 0 Å². The topological polar surface area (TPSA) is 49.5 Å². The lowest BCUT2D eigenvalue weighted by molar-refractivity contribution is 0.0987. The first-order valence-corrected chi connectivity index (χ1v) is 7.61.